The Labute approximate surface area is 116 Å². The molecule has 0 saturated heterocycles. The molecule has 0 aliphatic carbocycles. The minimum Gasteiger partial charge on any atom is -0.478 e. The van der Waals surface area contributed by atoms with Gasteiger partial charge in [-0.15, -0.1) is 0 Å². The lowest BCUT2D eigenvalue weighted by Crippen LogP contribution is -2.32. The number of hydrogen-bond acceptors (Lipinski definition) is 4. The van der Waals surface area contributed by atoms with E-state index in [1.54, 1.807) is 0 Å². The second-order valence-electron chi connectivity index (χ2n) is 4.84. The fraction of sp³-hybridized carbons (Fsp3) is 0.200. The van der Waals surface area contributed by atoms with E-state index in [1.165, 1.54) is 23.4 Å². The molecule has 0 bridgehead atoms. The zero-order valence-corrected chi connectivity index (χ0v) is 10.9. The van der Waals surface area contributed by atoms with E-state index in [9.17, 15) is 4.79 Å². The Morgan fingerprint density at radius 3 is 2.75 bits per heavy atom. The average Bonchev–Trinajstić information content (AvgIpc) is 2.46. The van der Waals surface area contributed by atoms with Gasteiger partial charge in [0.05, 0.1) is 11.3 Å². The Hall–Kier alpha value is -2.56. The lowest BCUT2D eigenvalue weighted by Gasteiger charge is -2.30. The van der Waals surface area contributed by atoms with E-state index in [4.69, 9.17) is 10.8 Å². The van der Waals surface area contributed by atoms with Gasteiger partial charge in [-0.05, 0) is 23.6 Å². The maximum atomic E-state index is 11.1. The van der Waals surface area contributed by atoms with Crippen molar-refractivity contribution in [3.05, 3.63) is 53.2 Å². The summed E-state index contributed by atoms with van der Waals surface area (Å²) in [6.07, 6.45) is 2.41. The van der Waals surface area contributed by atoms with Gasteiger partial charge in [0.1, 0.15) is 0 Å². The van der Waals surface area contributed by atoms with Crippen molar-refractivity contribution in [3.63, 3.8) is 0 Å². The summed E-state index contributed by atoms with van der Waals surface area (Å²) in [5.41, 5.74) is 8.86. The maximum Gasteiger partial charge on any atom is 0.337 e. The summed E-state index contributed by atoms with van der Waals surface area (Å²) >= 11 is 0. The van der Waals surface area contributed by atoms with Crippen molar-refractivity contribution < 1.29 is 9.90 Å². The molecule has 1 aromatic carbocycles. The number of carbonyl (C=O) groups is 1. The van der Waals surface area contributed by atoms with Crippen LogP contribution in [0.15, 0.2) is 36.5 Å². The molecule has 1 aromatic heterocycles. The van der Waals surface area contributed by atoms with E-state index in [-0.39, 0.29) is 11.3 Å². The zero-order chi connectivity index (χ0) is 14.1. The Morgan fingerprint density at radius 2 is 2.00 bits per heavy atom. The predicted molar refractivity (Wildman–Crippen MR) is 76.8 cm³/mol. The number of pyridine rings is 1. The number of nitrogen functional groups attached to an aromatic ring is 1. The maximum absolute atomic E-state index is 11.1. The molecule has 0 unspecified atom stereocenters. The van der Waals surface area contributed by atoms with Crippen molar-refractivity contribution >= 4 is 17.5 Å². The molecule has 20 heavy (non-hydrogen) atoms. The Balaban J connectivity index is 1.96. The van der Waals surface area contributed by atoms with Crippen LogP contribution in [0.25, 0.3) is 0 Å². The molecule has 1 aliphatic heterocycles. The molecule has 0 amide bonds. The SMILES string of the molecule is Nc1c(C(=O)O)ccnc1N1CCc2ccccc2C1. The van der Waals surface area contributed by atoms with Gasteiger partial charge < -0.3 is 15.7 Å². The molecule has 1 aliphatic rings. The highest BCUT2D eigenvalue weighted by Gasteiger charge is 2.21. The van der Waals surface area contributed by atoms with E-state index in [0.717, 1.165) is 13.0 Å². The van der Waals surface area contributed by atoms with Gasteiger partial charge in [-0.3, -0.25) is 0 Å². The number of rotatable bonds is 2. The van der Waals surface area contributed by atoms with E-state index >= 15 is 0 Å². The number of carboxylic acids is 1. The number of aromatic carboxylic acids is 1. The fourth-order valence-corrected chi connectivity index (χ4v) is 2.58. The largest absolute Gasteiger partial charge is 0.478 e. The first-order valence-electron chi connectivity index (χ1n) is 6.46. The van der Waals surface area contributed by atoms with E-state index in [1.807, 2.05) is 17.0 Å². The monoisotopic (exact) mass is 269 g/mol. The minimum atomic E-state index is -1.02. The van der Waals surface area contributed by atoms with Crippen LogP contribution >= 0.6 is 0 Å². The molecular weight excluding hydrogens is 254 g/mol. The summed E-state index contributed by atoms with van der Waals surface area (Å²) in [7, 11) is 0. The standard InChI is InChI=1S/C15H15N3O2/c16-13-12(15(19)20)5-7-17-14(13)18-8-6-10-3-1-2-4-11(10)9-18/h1-5,7H,6,8-9,16H2,(H,19,20). The number of fused-ring (bicyclic) bond motifs is 1. The molecule has 3 N–H and O–H groups in total. The molecule has 2 heterocycles. The van der Waals surface area contributed by atoms with Gasteiger partial charge in [0.15, 0.2) is 5.82 Å². The smallest absolute Gasteiger partial charge is 0.337 e. The summed E-state index contributed by atoms with van der Waals surface area (Å²) in [5, 5.41) is 9.12. The van der Waals surface area contributed by atoms with Crippen molar-refractivity contribution in [2.24, 2.45) is 0 Å². The molecule has 2 aromatic rings. The van der Waals surface area contributed by atoms with E-state index < -0.39 is 5.97 Å². The van der Waals surface area contributed by atoms with Crippen LogP contribution in [-0.4, -0.2) is 22.6 Å². The number of carboxylic acid groups (broad SMARTS) is 1. The summed E-state index contributed by atoms with van der Waals surface area (Å²) in [4.78, 5) is 17.4. The molecule has 3 rings (SSSR count). The molecule has 0 fully saturated rings. The topological polar surface area (TPSA) is 79.5 Å². The van der Waals surface area contributed by atoms with Crippen molar-refractivity contribution in [1.29, 1.82) is 0 Å². The number of anilines is 2. The highest BCUT2D eigenvalue weighted by atomic mass is 16.4. The predicted octanol–water partition coefficient (Wildman–Crippen LogP) is 1.92. The summed E-state index contributed by atoms with van der Waals surface area (Å²) in [6, 6.07) is 9.67. The minimum absolute atomic E-state index is 0.105. The van der Waals surface area contributed by atoms with Crippen molar-refractivity contribution in [2.45, 2.75) is 13.0 Å². The lowest BCUT2D eigenvalue weighted by molar-refractivity contribution is 0.0698. The van der Waals surface area contributed by atoms with Gasteiger partial charge in [-0.1, -0.05) is 24.3 Å². The van der Waals surface area contributed by atoms with E-state index in [0.29, 0.717) is 12.4 Å². The Bertz CT molecular complexity index is 670. The second-order valence-corrected chi connectivity index (χ2v) is 4.84. The first-order valence-corrected chi connectivity index (χ1v) is 6.46. The van der Waals surface area contributed by atoms with Crippen LogP contribution in [0, 0.1) is 0 Å². The fourth-order valence-electron chi connectivity index (χ4n) is 2.58. The Kier molecular flexibility index (Phi) is 3.02. The van der Waals surface area contributed by atoms with Gasteiger partial charge in [0.2, 0.25) is 0 Å². The lowest BCUT2D eigenvalue weighted by atomic mass is 10.00. The molecule has 5 nitrogen and oxygen atoms in total. The van der Waals surface area contributed by atoms with Crippen LogP contribution in [-0.2, 0) is 13.0 Å². The first kappa shape index (κ1) is 12.5. The third-order valence-corrected chi connectivity index (χ3v) is 3.63. The van der Waals surface area contributed by atoms with Crippen LogP contribution in [0.3, 0.4) is 0 Å². The number of nitrogens with two attached hydrogens (primary N) is 1. The van der Waals surface area contributed by atoms with Crippen LogP contribution in [0.1, 0.15) is 21.5 Å². The van der Waals surface area contributed by atoms with Gasteiger partial charge in [0.25, 0.3) is 0 Å². The molecule has 0 atom stereocenters. The quantitative estimate of drug-likeness (QED) is 0.870. The van der Waals surface area contributed by atoms with E-state index in [2.05, 4.69) is 17.1 Å². The third-order valence-electron chi connectivity index (χ3n) is 3.63. The molecule has 102 valence electrons. The van der Waals surface area contributed by atoms with Crippen molar-refractivity contribution in [3.8, 4) is 0 Å². The number of hydrogen-bond donors (Lipinski definition) is 2. The van der Waals surface area contributed by atoms with Gasteiger partial charge >= 0.3 is 5.97 Å². The first-order chi connectivity index (χ1) is 9.66. The van der Waals surface area contributed by atoms with Gasteiger partial charge in [0, 0.05) is 19.3 Å². The Morgan fingerprint density at radius 1 is 1.25 bits per heavy atom. The van der Waals surface area contributed by atoms with Crippen LogP contribution < -0.4 is 10.6 Å². The summed E-state index contributed by atoms with van der Waals surface area (Å²) < 4.78 is 0. The van der Waals surface area contributed by atoms with Crippen LogP contribution in [0.2, 0.25) is 0 Å². The molecule has 5 heteroatoms. The number of benzene rings is 1. The second kappa shape index (κ2) is 4.85. The van der Waals surface area contributed by atoms with Crippen molar-refractivity contribution in [1.82, 2.24) is 4.98 Å². The molecular formula is C15H15N3O2. The molecule has 0 radical (unpaired) electrons. The average molecular weight is 269 g/mol. The number of nitrogens with zero attached hydrogens (tertiary/aromatic N) is 2. The van der Waals surface area contributed by atoms with Crippen molar-refractivity contribution in [2.75, 3.05) is 17.2 Å². The number of aromatic nitrogens is 1. The summed E-state index contributed by atoms with van der Waals surface area (Å²) in [6.45, 7) is 1.49. The molecule has 0 spiro atoms. The van der Waals surface area contributed by atoms with Gasteiger partial charge in [-0.2, -0.15) is 0 Å². The molecule has 0 saturated carbocycles. The van der Waals surface area contributed by atoms with Crippen LogP contribution in [0.4, 0.5) is 11.5 Å². The normalized spacial score (nSPS) is 13.9. The van der Waals surface area contributed by atoms with Gasteiger partial charge in [-0.25, -0.2) is 9.78 Å². The van der Waals surface area contributed by atoms with Crippen LogP contribution in [0.5, 0.6) is 0 Å². The zero-order valence-electron chi connectivity index (χ0n) is 10.9. The highest BCUT2D eigenvalue weighted by Crippen LogP contribution is 2.28. The highest BCUT2D eigenvalue weighted by molar-refractivity contribution is 5.96. The summed E-state index contributed by atoms with van der Waals surface area (Å²) in [5.74, 6) is -0.469. The third kappa shape index (κ3) is 2.07.